The van der Waals surface area contributed by atoms with Gasteiger partial charge in [-0.05, 0) is 31.6 Å². The molecular formula is C15H29N3O3. The molecule has 1 rings (SSSR count). The summed E-state index contributed by atoms with van der Waals surface area (Å²) in [5.74, 6) is 0.414. The molecule has 1 saturated heterocycles. The summed E-state index contributed by atoms with van der Waals surface area (Å²) < 4.78 is 0. The van der Waals surface area contributed by atoms with Crippen molar-refractivity contribution in [3.05, 3.63) is 0 Å². The average Bonchev–Trinajstić information content (AvgIpc) is 2.50. The summed E-state index contributed by atoms with van der Waals surface area (Å²) in [6.07, 6.45) is 3.29. The van der Waals surface area contributed by atoms with Crippen LogP contribution in [-0.2, 0) is 4.79 Å². The molecule has 0 spiro atoms. The second-order valence-corrected chi connectivity index (χ2v) is 6.16. The van der Waals surface area contributed by atoms with E-state index in [-0.39, 0.29) is 24.5 Å². The number of carbonyl (C=O) groups is 2. The van der Waals surface area contributed by atoms with Gasteiger partial charge in [-0.25, -0.2) is 4.79 Å². The predicted molar refractivity (Wildman–Crippen MR) is 81.9 cm³/mol. The van der Waals surface area contributed by atoms with Crippen LogP contribution in [0.1, 0.15) is 32.6 Å². The molecule has 1 heterocycles. The minimum atomic E-state index is 0.0199. The molecule has 0 saturated carbocycles. The van der Waals surface area contributed by atoms with Gasteiger partial charge >= 0.3 is 6.03 Å². The number of aliphatic hydroxyl groups is 1. The van der Waals surface area contributed by atoms with Crippen LogP contribution in [0, 0.1) is 11.8 Å². The Balaban J connectivity index is 2.21. The van der Waals surface area contributed by atoms with Crippen LogP contribution in [0.25, 0.3) is 0 Å². The number of likely N-dealkylation sites (tertiary alicyclic amines) is 1. The molecule has 0 radical (unpaired) electrons. The maximum Gasteiger partial charge on any atom is 0.319 e. The van der Waals surface area contributed by atoms with Crippen LogP contribution in [0.2, 0.25) is 0 Å². The number of nitrogens with one attached hydrogen (secondary N) is 1. The standard InChI is InChI=1S/C15H29N3O3/c1-12(11-19)5-4-8-16-14(20)13-6-9-18(10-7-13)15(21)17(2)3/h12-13,19H,4-11H2,1-3H3,(H,16,20). The van der Waals surface area contributed by atoms with Gasteiger partial charge in [0.15, 0.2) is 0 Å². The largest absolute Gasteiger partial charge is 0.396 e. The zero-order valence-corrected chi connectivity index (χ0v) is 13.5. The van der Waals surface area contributed by atoms with Crippen LogP contribution in [0.5, 0.6) is 0 Å². The Morgan fingerprint density at radius 3 is 2.48 bits per heavy atom. The van der Waals surface area contributed by atoms with Crippen molar-refractivity contribution in [1.82, 2.24) is 15.1 Å². The van der Waals surface area contributed by atoms with Crippen LogP contribution >= 0.6 is 0 Å². The molecule has 1 aliphatic heterocycles. The van der Waals surface area contributed by atoms with Crippen LogP contribution < -0.4 is 5.32 Å². The third-order valence-electron chi connectivity index (χ3n) is 4.00. The Morgan fingerprint density at radius 1 is 1.33 bits per heavy atom. The van der Waals surface area contributed by atoms with E-state index in [1.165, 1.54) is 0 Å². The van der Waals surface area contributed by atoms with Gasteiger partial charge in [0, 0.05) is 46.3 Å². The summed E-state index contributed by atoms with van der Waals surface area (Å²) in [5, 5.41) is 11.9. The first-order valence-electron chi connectivity index (χ1n) is 7.80. The topological polar surface area (TPSA) is 72.9 Å². The lowest BCUT2D eigenvalue weighted by atomic mass is 9.96. The number of carbonyl (C=O) groups excluding carboxylic acids is 2. The number of rotatable bonds is 6. The number of hydrogen-bond acceptors (Lipinski definition) is 3. The minimum absolute atomic E-state index is 0.0199. The van der Waals surface area contributed by atoms with Crippen molar-refractivity contribution in [2.75, 3.05) is 40.3 Å². The fourth-order valence-electron chi connectivity index (χ4n) is 2.51. The Labute approximate surface area is 127 Å². The summed E-state index contributed by atoms with van der Waals surface area (Å²) >= 11 is 0. The lowest BCUT2D eigenvalue weighted by Gasteiger charge is -2.33. The van der Waals surface area contributed by atoms with Crippen LogP contribution in [0.4, 0.5) is 4.79 Å². The first kappa shape index (κ1) is 17.8. The Kier molecular flexibility index (Phi) is 7.50. The van der Waals surface area contributed by atoms with Gasteiger partial charge in [0.25, 0.3) is 0 Å². The van der Waals surface area contributed by atoms with Gasteiger partial charge in [-0.1, -0.05) is 6.92 Å². The lowest BCUT2D eigenvalue weighted by Crippen LogP contribution is -2.46. The maximum atomic E-state index is 12.0. The van der Waals surface area contributed by atoms with Gasteiger partial charge in [-0.15, -0.1) is 0 Å². The summed E-state index contributed by atoms with van der Waals surface area (Å²) in [6, 6.07) is 0.0202. The Bertz CT molecular complexity index is 339. The zero-order chi connectivity index (χ0) is 15.8. The number of aliphatic hydroxyl groups excluding tert-OH is 1. The molecule has 0 aliphatic carbocycles. The molecule has 0 aromatic heterocycles. The van der Waals surface area contributed by atoms with Crippen molar-refractivity contribution < 1.29 is 14.7 Å². The molecule has 6 nitrogen and oxygen atoms in total. The highest BCUT2D eigenvalue weighted by Crippen LogP contribution is 2.18. The van der Waals surface area contributed by atoms with E-state index >= 15 is 0 Å². The first-order valence-corrected chi connectivity index (χ1v) is 7.80. The second kappa shape index (κ2) is 8.87. The van der Waals surface area contributed by atoms with E-state index in [0.717, 1.165) is 25.7 Å². The van der Waals surface area contributed by atoms with Crippen molar-refractivity contribution >= 4 is 11.9 Å². The number of amides is 3. The molecule has 3 amide bonds. The van der Waals surface area contributed by atoms with Crippen molar-refractivity contribution in [2.45, 2.75) is 32.6 Å². The number of urea groups is 1. The molecular weight excluding hydrogens is 270 g/mol. The molecule has 0 bridgehead atoms. The highest BCUT2D eigenvalue weighted by Gasteiger charge is 2.27. The first-order chi connectivity index (χ1) is 9.95. The molecule has 21 heavy (non-hydrogen) atoms. The van der Waals surface area contributed by atoms with Gasteiger partial charge in [0.05, 0.1) is 0 Å². The Morgan fingerprint density at radius 2 is 1.95 bits per heavy atom. The van der Waals surface area contributed by atoms with E-state index in [9.17, 15) is 9.59 Å². The van der Waals surface area contributed by atoms with Crippen molar-refractivity contribution in [3.63, 3.8) is 0 Å². The molecule has 0 aromatic carbocycles. The second-order valence-electron chi connectivity index (χ2n) is 6.16. The lowest BCUT2D eigenvalue weighted by molar-refractivity contribution is -0.126. The van der Waals surface area contributed by atoms with Crippen LogP contribution in [-0.4, -0.2) is 67.2 Å². The maximum absolute atomic E-state index is 12.0. The molecule has 1 unspecified atom stereocenters. The monoisotopic (exact) mass is 299 g/mol. The molecule has 1 fully saturated rings. The van der Waals surface area contributed by atoms with E-state index in [4.69, 9.17) is 5.11 Å². The van der Waals surface area contributed by atoms with Gasteiger partial charge in [-0.3, -0.25) is 4.79 Å². The smallest absolute Gasteiger partial charge is 0.319 e. The summed E-state index contributed by atoms with van der Waals surface area (Å²) in [4.78, 5) is 27.2. The minimum Gasteiger partial charge on any atom is -0.396 e. The fraction of sp³-hybridized carbons (Fsp3) is 0.867. The van der Waals surface area contributed by atoms with Gasteiger partial charge < -0.3 is 20.2 Å². The summed E-state index contributed by atoms with van der Waals surface area (Å²) in [6.45, 7) is 4.17. The SMILES string of the molecule is CC(CO)CCCNC(=O)C1CCN(C(=O)N(C)C)CC1. The molecule has 1 aliphatic rings. The van der Waals surface area contributed by atoms with E-state index in [1.54, 1.807) is 23.9 Å². The predicted octanol–water partition coefficient (Wildman–Crippen LogP) is 0.905. The van der Waals surface area contributed by atoms with Crippen molar-refractivity contribution in [2.24, 2.45) is 11.8 Å². The third-order valence-corrected chi connectivity index (χ3v) is 4.00. The molecule has 122 valence electrons. The zero-order valence-electron chi connectivity index (χ0n) is 13.5. The van der Waals surface area contributed by atoms with Crippen LogP contribution in [0.15, 0.2) is 0 Å². The van der Waals surface area contributed by atoms with E-state index in [2.05, 4.69) is 5.32 Å². The van der Waals surface area contributed by atoms with E-state index in [0.29, 0.717) is 25.6 Å². The molecule has 6 heteroatoms. The summed E-state index contributed by atoms with van der Waals surface area (Å²) in [5.41, 5.74) is 0. The number of hydrogen-bond donors (Lipinski definition) is 2. The highest BCUT2D eigenvalue weighted by atomic mass is 16.3. The van der Waals surface area contributed by atoms with Gasteiger partial charge in [0.2, 0.25) is 5.91 Å². The van der Waals surface area contributed by atoms with E-state index < -0.39 is 0 Å². The van der Waals surface area contributed by atoms with E-state index in [1.807, 2.05) is 6.92 Å². The van der Waals surface area contributed by atoms with Gasteiger partial charge in [0.1, 0.15) is 0 Å². The number of piperidine rings is 1. The molecule has 1 atom stereocenters. The number of nitrogens with zero attached hydrogens (tertiary/aromatic N) is 2. The van der Waals surface area contributed by atoms with Crippen molar-refractivity contribution in [3.8, 4) is 0 Å². The highest BCUT2D eigenvalue weighted by molar-refractivity contribution is 5.79. The average molecular weight is 299 g/mol. The van der Waals surface area contributed by atoms with Gasteiger partial charge in [-0.2, -0.15) is 0 Å². The molecule has 2 N–H and O–H groups in total. The Hall–Kier alpha value is -1.30. The molecule has 0 aromatic rings. The van der Waals surface area contributed by atoms with Crippen LogP contribution in [0.3, 0.4) is 0 Å². The summed E-state index contributed by atoms with van der Waals surface area (Å²) in [7, 11) is 3.49. The van der Waals surface area contributed by atoms with Crippen molar-refractivity contribution in [1.29, 1.82) is 0 Å². The fourth-order valence-corrected chi connectivity index (χ4v) is 2.51. The normalized spacial score (nSPS) is 17.4. The quantitative estimate of drug-likeness (QED) is 0.716. The third kappa shape index (κ3) is 5.91.